The normalized spacial score (nSPS) is 10.7. The highest BCUT2D eigenvalue weighted by Crippen LogP contribution is 2.13. The predicted octanol–water partition coefficient (Wildman–Crippen LogP) is 1.14. The second kappa shape index (κ2) is 7.74. The van der Waals surface area contributed by atoms with Gasteiger partial charge in [0.25, 0.3) is 0 Å². The zero-order chi connectivity index (χ0) is 14.3. The van der Waals surface area contributed by atoms with E-state index in [4.69, 9.17) is 5.73 Å². The Morgan fingerprint density at radius 3 is 2.68 bits per heavy atom. The first-order chi connectivity index (χ1) is 9.02. The van der Waals surface area contributed by atoms with E-state index in [0.717, 1.165) is 31.0 Å². The highest BCUT2D eigenvalue weighted by molar-refractivity contribution is 5.79. The molecule has 0 bridgehead atoms. The number of carbonyl (C=O) groups excluding carboxylic acids is 1. The third-order valence-electron chi connectivity index (χ3n) is 2.64. The molecule has 0 aliphatic rings. The van der Waals surface area contributed by atoms with Crippen molar-refractivity contribution in [1.29, 1.82) is 0 Å². The van der Waals surface area contributed by atoms with Crippen molar-refractivity contribution in [3.8, 4) is 0 Å². The SMILES string of the molecule is CCNCc1ccc(N(CC(N)=O)CC(C)C)nc1. The number of rotatable bonds is 8. The second-order valence-corrected chi connectivity index (χ2v) is 5.05. The molecule has 5 heteroatoms. The average Bonchev–Trinajstić information content (AvgIpc) is 2.35. The lowest BCUT2D eigenvalue weighted by molar-refractivity contribution is -0.116. The molecule has 0 fully saturated rings. The first kappa shape index (κ1) is 15.4. The number of amides is 1. The Hall–Kier alpha value is -1.62. The van der Waals surface area contributed by atoms with Gasteiger partial charge in [-0.15, -0.1) is 0 Å². The van der Waals surface area contributed by atoms with Crippen LogP contribution in [0.25, 0.3) is 0 Å². The second-order valence-electron chi connectivity index (χ2n) is 5.05. The molecule has 0 aliphatic carbocycles. The molecule has 1 aromatic rings. The van der Waals surface area contributed by atoms with Crippen LogP contribution in [-0.2, 0) is 11.3 Å². The lowest BCUT2D eigenvalue weighted by Gasteiger charge is -2.24. The Bertz CT molecular complexity index is 389. The van der Waals surface area contributed by atoms with E-state index >= 15 is 0 Å². The van der Waals surface area contributed by atoms with E-state index < -0.39 is 0 Å². The lowest BCUT2D eigenvalue weighted by Crippen LogP contribution is -2.36. The fraction of sp³-hybridized carbons (Fsp3) is 0.571. The number of nitrogens with two attached hydrogens (primary N) is 1. The van der Waals surface area contributed by atoms with Crippen molar-refractivity contribution in [2.24, 2.45) is 11.7 Å². The van der Waals surface area contributed by atoms with Gasteiger partial charge in [0.05, 0.1) is 6.54 Å². The van der Waals surface area contributed by atoms with Crippen LogP contribution in [0.15, 0.2) is 18.3 Å². The number of carbonyl (C=O) groups is 1. The maximum Gasteiger partial charge on any atom is 0.236 e. The van der Waals surface area contributed by atoms with Crippen LogP contribution in [0.1, 0.15) is 26.3 Å². The molecule has 1 rings (SSSR count). The van der Waals surface area contributed by atoms with E-state index in [1.54, 1.807) is 0 Å². The highest BCUT2D eigenvalue weighted by Gasteiger charge is 2.12. The number of pyridine rings is 1. The number of nitrogens with zero attached hydrogens (tertiary/aromatic N) is 2. The molecular formula is C14H24N4O. The Labute approximate surface area is 115 Å². The zero-order valence-corrected chi connectivity index (χ0v) is 12.0. The number of nitrogens with one attached hydrogen (secondary N) is 1. The van der Waals surface area contributed by atoms with Crippen LogP contribution in [0.4, 0.5) is 5.82 Å². The monoisotopic (exact) mass is 264 g/mol. The topological polar surface area (TPSA) is 71.2 Å². The smallest absolute Gasteiger partial charge is 0.236 e. The Morgan fingerprint density at radius 1 is 1.47 bits per heavy atom. The Balaban J connectivity index is 2.75. The number of hydrogen-bond donors (Lipinski definition) is 2. The molecule has 1 aromatic heterocycles. The van der Waals surface area contributed by atoms with E-state index in [9.17, 15) is 4.79 Å². The van der Waals surface area contributed by atoms with Crippen LogP contribution in [0, 0.1) is 5.92 Å². The molecule has 0 aliphatic heterocycles. The van der Waals surface area contributed by atoms with E-state index in [-0.39, 0.29) is 12.5 Å². The summed E-state index contributed by atoms with van der Waals surface area (Å²) in [6, 6.07) is 3.97. The van der Waals surface area contributed by atoms with Crippen molar-refractivity contribution >= 4 is 11.7 Å². The molecule has 1 heterocycles. The zero-order valence-electron chi connectivity index (χ0n) is 12.0. The van der Waals surface area contributed by atoms with Gasteiger partial charge in [-0.1, -0.05) is 26.8 Å². The van der Waals surface area contributed by atoms with Gasteiger partial charge in [0.15, 0.2) is 0 Å². The largest absolute Gasteiger partial charge is 0.368 e. The number of anilines is 1. The van der Waals surface area contributed by atoms with Crippen molar-refractivity contribution in [2.45, 2.75) is 27.3 Å². The minimum atomic E-state index is -0.334. The van der Waals surface area contributed by atoms with Gasteiger partial charge in [0.2, 0.25) is 5.91 Å². The van der Waals surface area contributed by atoms with Gasteiger partial charge >= 0.3 is 0 Å². The molecule has 19 heavy (non-hydrogen) atoms. The van der Waals surface area contributed by atoms with Crippen LogP contribution in [-0.4, -0.2) is 30.5 Å². The first-order valence-corrected chi connectivity index (χ1v) is 6.71. The molecule has 0 radical (unpaired) electrons. The highest BCUT2D eigenvalue weighted by atomic mass is 16.1. The molecule has 0 atom stereocenters. The summed E-state index contributed by atoms with van der Waals surface area (Å²) in [5, 5.41) is 3.25. The molecule has 0 aromatic carbocycles. The van der Waals surface area contributed by atoms with E-state index in [1.807, 2.05) is 23.2 Å². The molecule has 0 saturated carbocycles. The van der Waals surface area contributed by atoms with Crippen molar-refractivity contribution in [3.63, 3.8) is 0 Å². The van der Waals surface area contributed by atoms with Crippen molar-refractivity contribution in [1.82, 2.24) is 10.3 Å². The van der Waals surface area contributed by atoms with Gasteiger partial charge < -0.3 is 16.0 Å². The van der Waals surface area contributed by atoms with Gasteiger partial charge in [-0.3, -0.25) is 4.79 Å². The van der Waals surface area contributed by atoms with Crippen molar-refractivity contribution < 1.29 is 4.79 Å². The molecule has 1 amide bonds. The summed E-state index contributed by atoms with van der Waals surface area (Å²) < 4.78 is 0. The fourth-order valence-electron chi connectivity index (χ4n) is 1.85. The molecule has 0 spiro atoms. The van der Waals surface area contributed by atoms with Crippen LogP contribution in [0.3, 0.4) is 0 Å². The predicted molar refractivity (Wildman–Crippen MR) is 77.9 cm³/mol. The number of aromatic nitrogens is 1. The quantitative estimate of drug-likeness (QED) is 0.738. The first-order valence-electron chi connectivity index (χ1n) is 6.71. The Morgan fingerprint density at radius 2 is 2.21 bits per heavy atom. The van der Waals surface area contributed by atoms with E-state index in [0.29, 0.717) is 5.92 Å². The summed E-state index contributed by atoms with van der Waals surface area (Å²) in [6.07, 6.45) is 1.84. The minimum Gasteiger partial charge on any atom is -0.368 e. The summed E-state index contributed by atoms with van der Waals surface area (Å²) in [6.45, 7) is 8.99. The van der Waals surface area contributed by atoms with E-state index in [2.05, 4.69) is 31.1 Å². The van der Waals surface area contributed by atoms with Crippen molar-refractivity contribution in [3.05, 3.63) is 23.9 Å². The summed E-state index contributed by atoms with van der Waals surface area (Å²) in [5.41, 5.74) is 6.42. The molecule has 0 saturated heterocycles. The van der Waals surface area contributed by atoms with Gasteiger partial charge in [-0.05, 0) is 24.1 Å². The van der Waals surface area contributed by atoms with Crippen LogP contribution in [0.2, 0.25) is 0 Å². The van der Waals surface area contributed by atoms with Crippen LogP contribution >= 0.6 is 0 Å². The third kappa shape index (κ3) is 5.70. The third-order valence-corrected chi connectivity index (χ3v) is 2.64. The summed E-state index contributed by atoms with van der Waals surface area (Å²) >= 11 is 0. The molecule has 3 N–H and O–H groups in total. The van der Waals surface area contributed by atoms with Gasteiger partial charge in [-0.2, -0.15) is 0 Å². The number of hydrogen-bond acceptors (Lipinski definition) is 4. The van der Waals surface area contributed by atoms with Crippen LogP contribution in [0.5, 0.6) is 0 Å². The maximum atomic E-state index is 11.1. The van der Waals surface area contributed by atoms with Gasteiger partial charge in [0, 0.05) is 19.3 Å². The standard InChI is InChI=1S/C14H24N4O/c1-4-16-7-12-5-6-14(17-8-12)18(9-11(2)3)10-13(15)19/h5-6,8,11,16H,4,7,9-10H2,1-3H3,(H2,15,19). The summed E-state index contributed by atoms with van der Waals surface area (Å²) in [5.74, 6) is 0.912. The van der Waals surface area contributed by atoms with Gasteiger partial charge in [0.1, 0.15) is 5.82 Å². The van der Waals surface area contributed by atoms with E-state index in [1.165, 1.54) is 0 Å². The molecule has 5 nitrogen and oxygen atoms in total. The van der Waals surface area contributed by atoms with Crippen LogP contribution < -0.4 is 16.0 Å². The lowest BCUT2D eigenvalue weighted by atomic mass is 10.2. The molecular weight excluding hydrogens is 240 g/mol. The maximum absolute atomic E-state index is 11.1. The van der Waals surface area contributed by atoms with Crippen molar-refractivity contribution in [2.75, 3.05) is 24.5 Å². The number of primary amides is 1. The van der Waals surface area contributed by atoms with Gasteiger partial charge in [-0.25, -0.2) is 4.98 Å². The molecule has 0 unspecified atom stereocenters. The minimum absolute atomic E-state index is 0.206. The summed E-state index contributed by atoms with van der Waals surface area (Å²) in [7, 11) is 0. The average molecular weight is 264 g/mol. The Kier molecular flexibility index (Phi) is 6.29. The molecule has 106 valence electrons. The fourth-order valence-corrected chi connectivity index (χ4v) is 1.85. The summed E-state index contributed by atoms with van der Waals surface area (Å²) in [4.78, 5) is 17.5.